The van der Waals surface area contributed by atoms with Crippen molar-refractivity contribution in [3.05, 3.63) is 0 Å². The highest BCUT2D eigenvalue weighted by atomic mass is 16.5. The Hall–Kier alpha value is -0.670. The highest BCUT2D eigenvalue weighted by Gasteiger charge is 2.36. The Balaban J connectivity index is 1.88. The van der Waals surface area contributed by atoms with E-state index in [9.17, 15) is 5.11 Å². The molecule has 0 spiro atoms. The number of piperazine rings is 1. The lowest BCUT2D eigenvalue weighted by Gasteiger charge is -2.42. The second-order valence-electron chi connectivity index (χ2n) is 5.37. The Labute approximate surface area is 103 Å². The number of aliphatic hydroxyl groups excluding tert-OH is 1. The van der Waals surface area contributed by atoms with E-state index in [0.29, 0.717) is 13.2 Å². The molecule has 1 N–H and O–H groups in total. The van der Waals surface area contributed by atoms with E-state index in [1.165, 1.54) is 0 Å². The van der Waals surface area contributed by atoms with Crippen LogP contribution in [0.5, 0.6) is 0 Å². The van der Waals surface area contributed by atoms with Crippen molar-refractivity contribution in [1.82, 2.24) is 9.80 Å². The smallest absolute Gasteiger partial charge is 0.103 e. The summed E-state index contributed by atoms with van der Waals surface area (Å²) in [4.78, 5) is 4.48. The molecule has 5 nitrogen and oxygen atoms in total. The maximum Gasteiger partial charge on any atom is 0.103 e. The lowest BCUT2D eigenvalue weighted by Crippen LogP contribution is -2.57. The maximum absolute atomic E-state index is 9.78. The molecule has 2 aliphatic rings. The molecule has 0 aromatic rings. The normalized spacial score (nSPS) is 32.6. The third-order valence-corrected chi connectivity index (χ3v) is 3.87. The van der Waals surface area contributed by atoms with E-state index in [2.05, 4.69) is 15.9 Å². The summed E-state index contributed by atoms with van der Waals surface area (Å²) in [7, 11) is 0. The molecule has 2 atom stereocenters. The molecule has 0 aromatic carbocycles. The van der Waals surface area contributed by atoms with Crippen molar-refractivity contribution in [2.24, 2.45) is 0 Å². The molecule has 2 unspecified atom stereocenters. The molecule has 5 heteroatoms. The molecule has 96 valence electrons. The predicted molar refractivity (Wildman–Crippen MR) is 63.5 cm³/mol. The predicted octanol–water partition coefficient (Wildman–Crippen LogP) is -0.334. The topological polar surface area (TPSA) is 59.7 Å². The van der Waals surface area contributed by atoms with Gasteiger partial charge in [0.2, 0.25) is 0 Å². The number of ether oxygens (including phenoxy) is 1. The van der Waals surface area contributed by atoms with Crippen molar-refractivity contribution in [2.45, 2.75) is 31.5 Å². The summed E-state index contributed by atoms with van der Waals surface area (Å²) in [6.45, 7) is 8.55. The number of aliphatic hydroxyl groups is 1. The minimum Gasteiger partial charge on any atom is -0.389 e. The monoisotopic (exact) mass is 239 g/mol. The van der Waals surface area contributed by atoms with Gasteiger partial charge in [-0.2, -0.15) is 5.26 Å². The van der Waals surface area contributed by atoms with E-state index in [1.54, 1.807) is 0 Å². The van der Waals surface area contributed by atoms with E-state index in [-0.39, 0.29) is 12.1 Å². The van der Waals surface area contributed by atoms with Gasteiger partial charge in [-0.1, -0.05) is 0 Å². The molecular weight excluding hydrogens is 218 g/mol. The van der Waals surface area contributed by atoms with Gasteiger partial charge in [-0.05, 0) is 13.8 Å². The van der Waals surface area contributed by atoms with Crippen molar-refractivity contribution < 1.29 is 9.84 Å². The molecule has 17 heavy (non-hydrogen) atoms. The van der Waals surface area contributed by atoms with Crippen LogP contribution in [0.2, 0.25) is 0 Å². The molecule has 0 amide bonds. The van der Waals surface area contributed by atoms with Gasteiger partial charge in [0.15, 0.2) is 0 Å². The number of nitriles is 1. The van der Waals surface area contributed by atoms with Crippen LogP contribution in [0.4, 0.5) is 0 Å². The summed E-state index contributed by atoms with van der Waals surface area (Å²) < 4.78 is 5.28. The van der Waals surface area contributed by atoms with Crippen LogP contribution in [0.1, 0.15) is 13.8 Å². The van der Waals surface area contributed by atoms with Crippen LogP contribution in [0.15, 0.2) is 0 Å². The zero-order chi connectivity index (χ0) is 12.5. The minimum absolute atomic E-state index is 0.141. The number of nitrogens with zero attached hydrogens (tertiary/aromatic N) is 3. The van der Waals surface area contributed by atoms with E-state index in [4.69, 9.17) is 10.00 Å². The average Bonchev–Trinajstić information content (AvgIpc) is 2.76. The first-order valence-corrected chi connectivity index (χ1v) is 6.21. The summed E-state index contributed by atoms with van der Waals surface area (Å²) >= 11 is 0. The minimum atomic E-state index is -0.392. The largest absolute Gasteiger partial charge is 0.389 e. The summed E-state index contributed by atoms with van der Waals surface area (Å²) in [5.74, 6) is 0. The number of hydrogen-bond acceptors (Lipinski definition) is 5. The third-order valence-electron chi connectivity index (χ3n) is 3.87. The summed E-state index contributed by atoms with van der Waals surface area (Å²) in [5.41, 5.74) is -0.392. The maximum atomic E-state index is 9.78. The van der Waals surface area contributed by atoms with Crippen LogP contribution in [0, 0.1) is 11.3 Å². The molecule has 2 heterocycles. The molecule has 2 rings (SSSR count). The molecule has 0 aliphatic carbocycles. The Kier molecular flexibility index (Phi) is 3.69. The van der Waals surface area contributed by atoms with Crippen LogP contribution < -0.4 is 0 Å². The first-order valence-electron chi connectivity index (χ1n) is 6.21. The van der Waals surface area contributed by atoms with Crippen molar-refractivity contribution in [3.8, 4) is 6.07 Å². The lowest BCUT2D eigenvalue weighted by molar-refractivity contribution is 0.0236. The van der Waals surface area contributed by atoms with Gasteiger partial charge in [-0.3, -0.25) is 9.80 Å². The van der Waals surface area contributed by atoms with E-state index in [0.717, 1.165) is 26.2 Å². The van der Waals surface area contributed by atoms with Crippen LogP contribution >= 0.6 is 0 Å². The number of hydrogen-bond donors (Lipinski definition) is 1. The van der Waals surface area contributed by atoms with Gasteiger partial charge in [0, 0.05) is 26.2 Å². The van der Waals surface area contributed by atoms with E-state index >= 15 is 0 Å². The SMILES string of the molecule is CC(C)(C#N)N1CCN(C2COCC2O)CC1. The fraction of sp³-hybridized carbons (Fsp3) is 0.917. The fourth-order valence-electron chi connectivity index (χ4n) is 2.56. The van der Waals surface area contributed by atoms with Gasteiger partial charge >= 0.3 is 0 Å². The van der Waals surface area contributed by atoms with Crippen molar-refractivity contribution in [2.75, 3.05) is 39.4 Å². The van der Waals surface area contributed by atoms with Crippen LogP contribution in [-0.2, 0) is 4.74 Å². The second kappa shape index (κ2) is 4.91. The zero-order valence-corrected chi connectivity index (χ0v) is 10.6. The zero-order valence-electron chi connectivity index (χ0n) is 10.6. The molecule has 0 radical (unpaired) electrons. The van der Waals surface area contributed by atoms with E-state index < -0.39 is 5.54 Å². The standard InChI is InChI=1S/C12H21N3O2/c1-12(2,9-13)15-5-3-14(4-6-15)10-7-17-8-11(10)16/h10-11,16H,3-8H2,1-2H3. The van der Waals surface area contributed by atoms with Crippen LogP contribution in [0.3, 0.4) is 0 Å². The first kappa shape index (κ1) is 12.8. The Morgan fingerprint density at radius 2 is 1.88 bits per heavy atom. The van der Waals surface area contributed by atoms with Gasteiger partial charge in [-0.25, -0.2) is 0 Å². The van der Waals surface area contributed by atoms with Crippen LogP contribution in [0.25, 0.3) is 0 Å². The summed E-state index contributed by atoms with van der Waals surface area (Å²) in [6.07, 6.45) is -0.356. The van der Waals surface area contributed by atoms with Crippen molar-refractivity contribution >= 4 is 0 Å². The first-order chi connectivity index (χ1) is 8.04. The Morgan fingerprint density at radius 1 is 1.24 bits per heavy atom. The van der Waals surface area contributed by atoms with Crippen LogP contribution in [-0.4, -0.2) is 72.0 Å². The Bertz CT molecular complexity index is 305. The number of rotatable bonds is 2. The third kappa shape index (κ3) is 2.61. The molecule has 0 bridgehead atoms. The Morgan fingerprint density at radius 3 is 2.35 bits per heavy atom. The average molecular weight is 239 g/mol. The summed E-state index contributed by atoms with van der Waals surface area (Å²) in [5, 5.41) is 18.9. The van der Waals surface area contributed by atoms with Gasteiger partial charge in [0.05, 0.1) is 31.4 Å². The molecule has 2 fully saturated rings. The van der Waals surface area contributed by atoms with Gasteiger partial charge in [0.25, 0.3) is 0 Å². The van der Waals surface area contributed by atoms with Crippen molar-refractivity contribution in [1.29, 1.82) is 5.26 Å². The lowest BCUT2D eigenvalue weighted by atomic mass is 10.0. The molecule has 0 saturated carbocycles. The highest BCUT2D eigenvalue weighted by molar-refractivity contribution is 5.03. The molecular formula is C12H21N3O2. The summed E-state index contributed by atoms with van der Waals surface area (Å²) in [6, 6.07) is 2.48. The van der Waals surface area contributed by atoms with E-state index in [1.807, 2.05) is 13.8 Å². The van der Waals surface area contributed by atoms with Gasteiger partial charge < -0.3 is 9.84 Å². The molecule has 2 aliphatic heterocycles. The van der Waals surface area contributed by atoms with Crippen molar-refractivity contribution in [3.63, 3.8) is 0 Å². The highest BCUT2D eigenvalue weighted by Crippen LogP contribution is 2.20. The fourth-order valence-corrected chi connectivity index (χ4v) is 2.56. The second-order valence-corrected chi connectivity index (χ2v) is 5.37. The molecule has 0 aromatic heterocycles. The van der Waals surface area contributed by atoms with Gasteiger partial charge in [-0.15, -0.1) is 0 Å². The quantitative estimate of drug-likeness (QED) is 0.715. The molecule has 2 saturated heterocycles. The van der Waals surface area contributed by atoms with Gasteiger partial charge in [0.1, 0.15) is 5.54 Å².